The molecule has 0 atom stereocenters. The van der Waals surface area contributed by atoms with Gasteiger partial charge in [0.1, 0.15) is 22.3 Å². The van der Waals surface area contributed by atoms with Gasteiger partial charge in [0, 0.05) is 11.4 Å². The predicted octanol–water partition coefficient (Wildman–Crippen LogP) is 4.55. The Morgan fingerprint density at radius 1 is 1.19 bits per heavy atom. The summed E-state index contributed by atoms with van der Waals surface area (Å²) in [5, 5.41) is 6.37. The van der Waals surface area contributed by atoms with E-state index in [0.717, 1.165) is 33.3 Å². The van der Waals surface area contributed by atoms with E-state index in [4.69, 9.17) is 0 Å². The molecule has 21 heavy (non-hydrogen) atoms. The normalized spacial score (nSPS) is 11.0. The van der Waals surface area contributed by atoms with E-state index in [1.165, 1.54) is 12.1 Å². The molecule has 0 unspecified atom stereocenters. The second-order valence-electron chi connectivity index (χ2n) is 4.40. The summed E-state index contributed by atoms with van der Waals surface area (Å²) in [6.07, 6.45) is 0. The zero-order chi connectivity index (χ0) is 14.7. The second kappa shape index (κ2) is 6.41. The fourth-order valence-electron chi connectivity index (χ4n) is 1.95. The zero-order valence-electron chi connectivity index (χ0n) is 11.5. The molecule has 0 saturated heterocycles. The number of fused-ring (bicyclic) bond motifs is 1. The minimum absolute atomic E-state index is 0.218. The van der Waals surface area contributed by atoms with E-state index in [9.17, 15) is 4.39 Å². The Hall–Kier alpha value is -1.66. The van der Waals surface area contributed by atoms with Crippen molar-refractivity contribution in [3.05, 3.63) is 47.4 Å². The molecular weight excluding hydrogens is 305 g/mol. The van der Waals surface area contributed by atoms with E-state index in [-0.39, 0.29) is 5.82 Å². The fourth-order valence-corrected chi connectivity index (χ4v) is 3.48. The molecule has 0 saturated carbocycles. The van der Waals surface area contributed by atoms with Crippen LogP contribution in [-0.2, 0) is 5.75 Å². The molecule has 0 fully saturated rings. The van der Waals surface area contributed by atoms with Crippen LogP contribution in [-0.4, -0.2) is 16.5 Å². The second-order valence-corrected chi connectivity index (χ2v) is 6.34. The number of aromatic nitrogens is 2. The van der Waals surface area contributed by atoms with Crippen molar-refractivity contribution in [3.8, 4) is 0 Å². The summed E-state index contributed by atoms with van der Waals surface area (Å²) in [6.45, 7) is 2.87. The number of hydrogen-bond acceptors (Lipinski definition) is 5. The summed E-state index contributed by atoms with van der Waals surface area (Å²) in [7, 11) is 0. The van der Waals surface area contributed by atoms with Crippen LogP contribution in [0, 0.1) is 5.82 Å². The zero-order valence-corrected chi connectivity index (χ0v) is 13.1. The van der Waals surface area contributed by atoms with Gasteiger partial charge in [-0.15, -0.1) is 23.1 Å². The number of thiophene rings is 1. The monoisotopic (exact) mass is 319 g/mol. The number of nitrogens with one attached hydrogen (secondary N) is 1. The molecule has 0 spiro atoms. The Bertz CT molecular complexity index is 740. The van der Waals surface area contributed by atoms with Gasteiger partial charge in [0.05, 0.1) is 11.1 Å². The predicted molar refractivity (Wildman–Crippen MR) is 87.5 cm³/mol. The summed E-state index contributed by atoms with van der Waals surface area (Å²) >= 11 is 3.22. The van der Waals surface area contributed by atoms with Crippen LogP contribution >= 0.6 is 23.1 Å². The lowest BCUT2D eigenvalue weighted by molar-refractivity contribution is 0.626. The highest BCUT2D eigenvalue weighted by Gasteiger charge is 2.08. The van der Waals surface area contributed by atoms with Crippen molar-refractivity contribution in [2.24, 2.45) is 0 Å². The highest BCUT2D eigenvalue weighted by atomic mass is 32.2. The van der Waals surface area contributed by atoms with Crippen LogP contribution < -0.4 is 5.32 Å². The van der Waals surface area contributed by atoms with Crippen LogP contribution in [0.1, 0.15) is 12.7 Å². The maximum absolute atomic E-state index is 12.9. The molecule has 0 aliphatic heterocycles. The molecule has 0 radical (unpaired) electrons. The molecule has 6 heteroatoms. The van der Waals surface area contributed by atoms with Crippen LogP contribution in [0.4, 0.5) is 10.2 Å². The Morgan fingerprint density at radius 3 is 2.76 bits per heavy atom. The Balaban J connectivity index is 1.81. The van der Waals surface area contributed by atoms with Gasteiger partial charge in [0.2, 0.25) is 0 Å². The van der Waals surface area contributed by atoms with Gasteiger partial charge in [0.15, 0.2) is 0 Å². The average molecular weight is 319 g/mol. The van der Waals surface area contributed by atoms with Crippen molar-refractivity contribution < 1.29 is 4.39 Å². The van der Waals surface area contributed by atoms with Crippen LogP contribution in [0.5, 0.6) is 0 Å². The van der Waals surface area contributed by atoms with Crippen molar-refractivity contribution in [2.45, 2.75) is 17.6 Å². The lowest BCUT2D eigenvalue weighted by atomic mass is 10.3. The number of hydrogen-bond donors (Lipinski definition) is 1. The molecule has 3 aromatic rings. The fraction of sp³-hybridized carbons (Fsp3) is 0.200. The van der Waals surface area contributed by atoms with E-state index in [1.807, 2.05) is 18.4 Å². The number of benzene rings is 1. The van der Waals surface area contributed by atoms with Crippen LogP contribution in [0.3, 0.4) is 0 Å². The van der Waals surface area contributed by atoms with Gasteiger partial charge in [-0.3, -0.25) is 0 Å². The third-order valence-electron chi connectivity index (χ3n) is 2.90. The highest BCUT2D eigenvalue weighted by Crippen LogP contribution is 2.27. The molecule has 108 valence electrons. The third kappa shape index (κ3) is 3.33. The van der Waals surface area contributed by atoms with E-state index in [0.29, 0.717) is 5.75 Å². The molecule has 0 aliphatic rings. The van der Waals surface area contributed by atoms with Gasteiger partial charge in [0.25, 0.3) is 0 Å². The van der Waals surface area contributed by atoms with E-state index in [1.54, 1.807) is 35.2 Å². The lowest BCUT2D eigenvalue weighted by Gasteiger charge is -2.07. The molecule has 3 nitrogen and oxygen atoms in total. The van der Waals surface area contributed by atoms with Gasteiger partial charge < -0.3 is 5.32 Å². The molecule has 0 bridgehead atoms. The number of rotatable bonds is 5. The first kappa shape index (κ1) is 14.3. The van der Waals surface area contributed by atoms with Gasteiger partial charge in [-0.1, -0.05) is 0 Å². The number of nitrogens with zero attached hydrogens (tertiary/aromatic N) is 2. The van der Waals surface area contributed by atoms with E-state index in [2.05, 4.69) is 15.3 Å². The Kier molecular flexibility index (Phi) is 4.36. The van der Waals surface area contributed by atoms with Crippen molar-refractivity contribution in [1.82, 2.24) is 9.97 Å². The first-order valence-electron chi connectivity index (χ1n) is 6.62. The maximum atomic E-state index is 12.9. The summed E-state index contributed by atoms with van der Waals surface area (Å²) in [5.74, 6) is 2.12. The van der Waals surface area contributed by atoms with Crippen molar-refractivity contribution in [1.29, 1.82) is 0 Å². The van der Waals surface area contributed by atoms with E-state index >= 15 is 0 Å². The molecule has 1 N–H and O–H groups in total. The molecule has 0 aliphatic carbocycles. The lowest BCUT2D eigenvalue weighted by Crippen LogP contribution is -2.03. The molecule has 2 aromatic heterocycles. The molecule has 1 aromatic carbocycles. The van der Waals surface area contributed by atoms with Gasteiger partial charge in [-0.2, -0.15) is 0 Å². The molecule has 2 heterocycles. The molecule has 3 rings (SSSR count). The number of halogens is 1. The maximum Gasteiger partial charge on any atom is 0.142 e. The summed E-state index contributed by atoms with van der Waals surface area (Å²) in [6, 6.07) is 8.52. The van der Waals surface area contributed by atoms with Crippen molar-refractivity contribution in [2.75, 3.05) is 11.9 Å². The first-order valence-corrected chi connectivity index (χ1v) is 8.49. The SMILES string of the molecule is CCNc1nc(CSc2ccc(F)cc2)nc2sccc12. The molecule has 0 amide bonds. The minimum Gasteiger partial charge on any atom is -0.370 e. The van der Waals surface area contributed by atoms with Crippen molar-refractivity contribution >= 4 is 39.1 Å². The van der Waals surface area contributed by atoms with E-state index < -0.39 is 0 Å². The minimum atomic E-state index is -0.218. The largest absolute Gasteiger partial charge is 0.370 e. The quantitative estimate of drug-likeness (QED) is 0.700. The summed E-state index contributed by atoms with van der Waals surface area (Å²) in [5.41, 5.74) is 0. The topological polar surface area (TPSA) is 37.8 Å². The van der Waals surface area contributed by atoms with Crippen LogP contribution in [0.2, 0.25) is 0 Å². The van der Waals surface area contributed by atoms with Crippen LogP contribution in [0.15, 0.2) is 40.6 Å². The summed E-state index contributed by atoms with van der Waals surface area (Å²) < 4.78 is 12.9. The highest BCUT2D eigenvalue weighted by molar-refractivity contribution is 7.98. The Labute approximate surface area is 130 Å². The summed E-state index contributed by atoms with van der Waals surface area (Å²) in [4.78, 5) is 11.2. The number of anilines is 1. The van der Waals surface area contributed by atoms with Gasteiger partial charge in [-0.25, -0.2) is 14.4 Å². The van der Waals surface area contributed by atoms with Gasteiger partial charge >= 0.3 is 0 Å². The number of thioether (sulfide) groups is 1. The standard InChI is InChI=1S/C15H14FN3S2/c1-2-17-14-12-7-8-20-15(12)19-13(18-14)9-21-11-5-3-10(16)4-6-11/h3-8H,2,9H2,1H3,(H,17,18,19). The van der Waals surface area contributed by atoms with Gasteiger partial charge in [-0.05, 0) is 42.6 Å². The molecular formula is C15H14FN3S2. The Morgan fingerprint density at radius 2 is 2.00 bits per heavy atom. The van der Waals surface area contributed by atoms with Crippen molar-refractivity contribution in [3.63, 3.8) is 0 Å². The first-order chi connectivity index (χ1) is 10.3. The van der Waals surface area contributed by atoms with Crippen LogP contribution in [0.25, 0.3) is 10.2 Å². The third-order valence-corrected chi connectivity index (χ3v) is 4.71. The average Bonchev–Trinajstić information content (AvgIpc) is 2.96. The smallest absolute Gasteiger partial charge is 0.142 e.